The molecule has 22 heavy (non-hydrogen) atoms. The van der Waals surface area contributed by atoms with Crippen LogP contribution in [0.3, 0.4) is 0 Å². The molecule has 0 spiro atoms. The first kappa shape index (κ1) is 16.8. The van der Waals surface area contributed by atoms with Gasteiger partial charge in [0.1, 0.15) is 5.69 Å². The molecule has 1 aliphatic rings. The Bertz CT molecular complexity index is 583. The first-order valence-corrected chi connectivity index (χ1v) is 9.22. The summed E-state index contributed by atoms with van der Waals surface area (Å²) in [7, 11) is -3.21. The van der Waals surface area contributed by atoms with Crippen molar-refractivity contribution in [2.24, 2.45) is 0 Å². The second-order valence-corrected chi connectivity index (χ2v) is 7.32. The van der Waals surface area contributed by atoms with Gasteiger partial charge in [-0.1, -0.05) is 13.3 Å². The SMILES string of the molecule is CCCCS(=O)(=O)NC1CCN(C(=O)c2cnccn2)CC1. The van der Waals surface area contributed by atoms with Crippen LogP contribution in [0.2, 0.25) is 0 Å². The van der Waals surface area contributed by atoms with Crippen LogP contribution in [0.25, 0.3) is 0 Å². The van der Waals surface area contributed by atoms with Gasteiger partial charge in [-0.3, -0.25) is 9.78 Å². The summed E-state index contributed by atoms with van der Waals surface area (Å²) >= 11 is 0. The molecular formula is C14H22N4O3S. The van der Waals surface area contributed by atoms with Crippen molar-refractivity contribution >= 4 is 15.9 Å². The summed E-state index contributed by atoms with van der Waals surface area (Å²) in [5.74, 6) is 0.0165. The van der Waals surface area contributed by atoms with E-state index in [1.54, 1.807) is 4.90 Å². The predicted octanol–water partition coefficient (Wildman–Crippen LogP) is 0.801. The molecule has 1 N–H and O–H groups in total. The number of unbranched alkanes of at least 4 members (excludes halogenated alkanes) is 1. The van der Waals surface area contributed by atoms with Gasteiger partial charge in [0.25, 0.3) is 5.91 Å². The van der Waals surface area contributed by atoms with Crippen LogP contribution in [0.4, 0.5) is 0 Å². The molecule has 1 aromatic heterocycles. The molecule has 0 radical (unpaired) electrons. The summed E-state index contributed by atoms with van der Waals surface area (Å²) in [5, 5.41) is 0. The van der Waals surface area contributed by atoms with Crippen molar-refractivity contribution in [3.8, 4) is 0 Å². The van der Waals surface area contributed by atoms with Crippen molar-refractivity contribution in [3.05, 3.63) is 24.3 Å². The van der Waals surface area contributed by atoms with Crippen molar-refractivity contribution in [1.82, 2.24) is 19.6 Å². The number of piperidine rings is 1. The zero-order valence-corrected chi connectivity index (χ0v) is 13.6. The number of hydrogen-bond acceptors (Lipinski definition) is 5. The lowest BCUT2D eigenvalue weighted by atomic mass is 10.1. The van der Waals surface area contributed by atoms with Crippen molar-refractivity contribution in [1.29, 1.82) is 0 Å². The molecule has 0 atom stereocenters. The number of rotatable bonds is 6. The fourth-order valence-corrected chi connectivity index (χ4v) is 3.95. The van der Waals surface area contributed by atoms with Crippen molar-refractivity contribution in [2.45, 2.75) is 38.6 Å². The molecule has 1 aliphatic heterocycles. The van der Waals surface area contributed by atoms with Crippen molar-refractivity contribution in [3.63, 3.8) is 0 Å². The minimum atomic E-state index is -3.21. The standard InChI is InChI=1S/C14H22N4O3S/c1-2-3-10-22(20,21)17-12-4-8-18(9-5-12)14(19)13-11-15-6-7-16-13/h6-7,11-12,17H,2-5,8-10H2,1H3. The van der Waals surface area contributed by atoms with Gasteiger partial charge in [-0.25, -0.2) is 18.1 Å². The molecular weight excluding hydrogens is 304 g/mol. The number of likely N-dealkylation sites (tertiary alicyclic amines) is 1. The molecule has 0 bridgehead atoms. The van der Waals surface area contributed by atoms with Crippen molar-refractivity contribution < 1.29 is 13.2 Å². The molecule has 2 rings (SSSR count). The Balaban J connectivity index is 1.84. The Morgan fingerprint density at radius 1 is 1.36 bits per heavy atom. The number of hydrogen-bond donors (Lipinski definition) is 1. The lowest BCUT2D eigenvalue weighted by molar-refractivity contribution is 0.0705. The normalized spacial score (nSPS) is 16.7. The van der Waals surface area contributed by atoms with Crippen LogP contribution < -0.4 is 4.72 Å². The molecule has 0 aliphatic carbocycles. The first-order chi connectivity index (χ1) is 10.5. The average Bonchev–Trinajstić information content (AvgIpc) is 2.53. The van der Waals surface area contributed by atoms with Gasteiger partial charge < -0.3 is 4.90 Å². The highest BCUT2D eigenvalue weighted by atomic mass is 32.2. The van der Waals surface area contributed by atoms with Crippen molar-refractivity contribution in [2.75, 3.05) is 18.8 Å². The van der Waals surface area contributed by atoms with E-state index >= 15 is 0 Å². The van der Waals surface area contributed by atoms with Crippen LogP contribution >= 0.6 is 0 Å². The van der Waals surface area contributed by atoms with Gasteiger partial charge in [0, 0.05) is 31.5 Å². The quantitative estimate of drug-likeness (QED) is 0.835. The molecule has 1 fully saturated rings. The molecule has 0 unspecified atom stereocenters. The summed E-state index contributed by atoms with van der Waals surface area (Å²) in [5.41, 5.74) is 0.324. The molecule has 0 aromatic carbocycles. The van der Waals surface area contributed by atoms with E-state index in [0.29, 0.717) is 38.0 Å². The molecule has 1 saturated heterocycles. The number of sulfonamides is 1. The average molecular weight is 326 g/mol. The van der Waals surface area contributed by atoms with E-state index < -0.39 is 10.0 Å². The second-order valence-electron chi connectivity index (χ2n) is 5.45. The summed E-state index contributed by atoms with van der Waals surface area (Å²) in [6.45, 7) is 3.01. The van der Waals surface area contributed by atoms with E-state index in [2.05, 4.69) is 14.7 Å². The van der Waals surface area contributed by atoms with Crippen LogP contribution in [-0.4, -0.2) is 54.1 Å². The number of carbonyl (C=O) groups excluding carboxylic acids is 1. The molecule has 1 aromatic rings. The lowest BCUT2D eigenvalue weighted by Crippen LogP contribution is -2.47. The van der Waals surface area contributed by atoms with Gasteiger partial charge in [-0.2, -0.15) is 0 Å². The molecule has 0 saturated carbocycles. The summed E-state index contributed by atoms with van der Waals surface area (Å²) in [6, 6.07) is -0.0900. The fourth-order valence-electron chi connectivity index (χ4n) is 2.42. The number of carbonyl (C=O) groups is 1. The van der Waals surface area contributed by atoms with Crippen LogP contribution in [0, 0.1) is 0 Å². The van der Waals surface area contributed by atoms with Crippen LogP contribution in [0.1, 0.15) is 43.1 Å². The molecule has 8 heteroatoms. The molecule has 1 amide bonds. The van der Waals surface area contributed by atoms with E-state index in [-0.39, 0.29) is 17.7 Å². The minimum absolute atomic E-state index is 0.0900. The summed E-state index contributed by atoms with van der Waals surface area (Å²) in [6.07, 6.45) is 7.22. The van der Waals surface area contributed by atoms with Gasteiger partial charge in [0.2, 0.25) is 10.0 Å². The predicted molar refractivity (Wildman–Crippen MR) is 82.8 cm³/mol. The Hall–Kier alpha value is -1.54. The summed E-state index contributed by atoms with van der Waals surface area (Å²) < 4.78 is 26.5. The van der Waals surface area contributed by atoms with Gasteiger partial charge in [0.15, 0.2) is 0 Å². The second kappa shape index (κ2) is 7.64. The van der Waals surface area contributed by atoms with Gasteiger partial charge in [-0.05, 0) is 19.3 Å². The Morgan fingerprint density at radius 2 is 2.09 bits per heavy atom. The molecule has 7 nitrogen and oxygen atoms in total. The Labute approximate surface area is 131 Å². The third-order valence-corrected chi connectivity index (χ3v) is 5.20. The maximum Gasteiger partial charge on any atom is 0.274 e. The van der Waals surface area contributed by atoms with E-state index in [1.165, 1.54) is 18.6 Å². The number of nitrogens with one attached hydrogen (secondary N) is 1. The zero-order chi connectivity index (χ0) is 16.0. The van der Waals surface area contributed by atoms with E-state index in [4.69, 9.17) is 0 Å². The number of amides is 1. The highest BCUT2D eigenvalue weighted by Crippen LogP contribution is 2.14. The first-order valence-electron chi connectivity index (χ1n) is 7.57. The van der Waals surface area contributed by atoms with Crippen LogP contribution in [0.5, 0.6) is 0 Å². The van der Waals surface area contributed by atoms with E-state index in [1.807, 2.05) is 6.92 Å². The highest BCUT2D eigenvalue weighted by molar-refractivity contribution is 7.89. The molecule has 122 valence electrons. The fraction of sp³-hybridized carbons (Fsp3) is 0.643. The number of aromatic nitrogens is 2. The maximum absolute atomic E-state index is 12.2. The highest BCUT2D eigenvalue weighted by Gasteiger charge is 2.26. The van der Waals surface area contributed by atoms with Gasteiger partial charge in [-0.15, -0.1) is 0 Å². The molecule has 2 heterocycles. The number of nitrogens with zero attached hydrogens (tertiary/aromatic N) is 3. The van der Waals surface area contributed by atoms with Crippen LogP contribution in [-0.2, 0) is 10.0 Å². The lowest BCUT2D eigenvalue weighted by Gasteiger charge is -2.32. The topological polar surface area (TPSA) is 92.3 Å². The Kier molecular flexibility index (Phi) is 5.84. The van der Waals surface area contributed by atoms with Gasteiger partial charge in [0.05, 0.1) is 11.9 Å². The summed E-state index contributed by atoms with van der Waals surface area (Å²) in [4.78, 5) is 21.8. The third kappa shape index (κ3) is 4.74. The Morgan fingerprint density at radius 3 is 2.68 bits per heavy atom. The smallest absolute Gasteiger partial charge is 0.274 e. The minimum Gasteiger partial charge on any atom is -0.337 e. The van der Waals surface area contributed by atoms with E-state index in [0.717, 1.165) is 6.42 Å². The van der Waals surface area contributed by atoms with E-state index in [9.17, 15) is 13.2 Å². The third-order valence-electron chi connectivity index (χ3n) is 3.68. The zero-order valence-electron chi connectivity index (χ0n) is 12.7. The maximum atomic E-state index is 12.2. The van der Waals surface area contributed by atoms with Gasteiger partial charge >= 0.3 is 0 Å². The van der Waals surface area contributed by atoms with Crippen LogP contribution in [0.15, 0.2) is 18.6 Å². The largest absolute Gasteiger partial charge is 0.337 e. The monoisotopic (exact) mass is 326 g/mol.